The summed E-state index contributed by atoms with van der Waals surface area (Å²) in [6, 6.07) is 0. The van der Waals surface area contributed by atoms with Crippen LogP contribution >= 0.6 is 0 Å². The van der Waals surface area contributed by atoms with Crippen molar-refractivity contribution in [3.63, 3.8) is 0 Å². The van der Waals surface area contributed by atoms with Crippen LogP contribution in [0.3, 0.4) is 0 Å². The molecule has 0 atom stereocenters. The van der Waals surface area contributed by atoms with Gasteiger partial charge in [0.25, 0.3) is 0 Å². The van der Waals surface area contributed by atoms with Gasteiger partial charge in [0, 0.05) is 0 Å². The molecule has 0 spiro atoms. The maximum absolute atomic E-state index is 2.27. The summed E-state index contributed by atoms with van der Waals surface area (Å²) in [7, 11) is 0. The molecule has 0 aromatic carbocycles. The summed E-state index contributed by atoms with van der Waals surface area (Å²) >= 11 is 0. The van der Waals surface area contributed by atoms with Gasteiger partial charge in [0.1, 0.15) is 0 Å². The number of unbranched alkanes of at least 4 members (excludes halogenated alkanes) is 4. The highest BCUT2D eigenvalue weighted by Crippen LogP contribution is 2.03. The zero-order valence-corrected chi connectivity index (χ0v) is 9.42. The minimum absolute atomic E-state index is 0.671. The fourth-order valence-corrected chi connectivity index (χ4v) is 1.15. The lowest BCUT2D eigenvalue weighted by atomic mass is 10.1. The third-order valence-corrected chi connectivity index (χ3v) is 1.97. The van der Waals surface area contributed by atoms with Gasteiger partial charge in [-0.1, -0.05) is 64.3 Å². The van der Waals surface area contributed by atoms with Crippen LogP contribution in [-0.2, 0) is 0 Å². The van der Waals surface area contributed by atoms with E-state index >= 15 is 0 Å². The van der Waals surface area contributed by atoms with Gasteiger partial charge in [0.2, 0.25) is 0 Å². The second kappa shape index (κ2) is 9.57. The van der Waals surface area contributed by atoms with Crippen molar-refractivity contribution < 1.29 is 0 Å². The van der Waals surface area contributed by atoms with E-state index in [0.29, 0.717) is 5.92 Å². The van der Waals surface area contributed by atoms with Gasteiger partial charge in [0.15, 0.2) is 0 Å². The van der Waals surface area contributed by atoms with Crippen LogP contribution < -0.4 is 0 Å². The Morgan fingerprint density at radius 2 is 1.77 bits per heavy atom. The molecule has 0 saturated carbocycles. The Morgan fingerprint density at radius 3 is 2.38 bits per heavy atom. The number of hydrogen-bond donors (Lipinski definition) is 0. The van der Waals surface area contributed by atoms with Crippen molar-refractivity contribution in [3.8, 4) is 0 Å². The molecule has 0 aliphatic rings. The first-order chi connectivity index (χ1) is 6.27. The molecule has 0 aliphatic heterocycles. The molecule has 13 heavy (non-hydrogen) atoms. The summed E-state index contributed by atoms with van der Waals surface area (Å²) in [6.45, 7) is 6.65. The third kappa shape index (κ3) is 11.5. The van der Waals surface area contributed by atoms with E-state index < -0.39 is 0 Å². The van der Waals surface area contributed by atoms with Crippen LogP contribution in [0.15, 0.2) is 24.3 Å². The lowest BCUT2D eigenvalue weighted by Gasteiger charge is -1.93. The zero-order valence-electron chi connectivity index (χ0n) is 9.42. The van der Waals surface area contributed by atoms with Crippen LogP contribution in [0.25, 0.3) is 0 Å². The average molecular weight is 180 g/mol. The standard InChI is InChI=1S/C13H24/c1-4-5-6-7-8-9-10-11-12-13(2)3/h9-13H,4-8H2,1-3H3/b10-9+,12-11+. The molecule has 0 nitrogen and oxygen atoms in total. The summed E-state index contributed by atoms with van der Waals surface area (Å²) in [6.07, 6.45) is 15.5. The Morgan fingerprint density at radius 1 is 1.00 bits per heavy atom. The first-order valence-corrected chi connectivity index (χ1v) is 5.60. The Bertz CT molecular complexity index is 140. The van der Waals surface area contributed by atoms with Crippen molar-refractivity contribution in [3.05, 3.63) is 24.3 Å². The Hall–Kier alpha value is -0.520. The van der Waals surface area contributed by atoms with Gasteiger partial charge in [-0.3, -0.25) is 0 Å². The number of hydrogen-bond acceptors (Lipinski definition) is 0. The second-order valence-corrected chi connectivity index (χ2v) is 3.91. The number of rotatable bonds is 7. The predicted octanol–water partition coefficient (Wildman–Crippen LogP) is 4.73. The van der Waals surface area contributed by atoms with Crippen LogP contribution in [-0.4, -0.2) is 0 Å². The van der Waals surface area contributed by atoms with E-state index in [2.05, 4.69) is 45.1 Å². The second-order valence-electron chi connectivity index (χ2n) is 3.91. The van der Waals surface area contributed by atoms with Crippen molar-refractivity contribution in [2.45, 2.75) is 52.9 Å². The molecule has 0 aromatic rings. The molecule has 0 rings (SSSR count). The van der Waals surface area contributed by atoms with Crippen molar-refractivity contribution >= 4 is 0 Å². The molecule has 0 unspecified atom stereocenters. The van der Waals surface area contributed by atoms with Gasteiger partial charge >= 0.3 is 0 Å². The highest BCUT2D eigenvalue weighted by Gasteiger charge is 1.83. The van der Waals surface area contributed by atoms with Gasteiger partial charge in [-0.25, -0.2) is 0 Å². The smallest absolute Gasteiger partial charge is 0.0287 e. The topological polar surface area (TPSA) is 0 Å². The molecule has 0 radical (unpaired) electrons. The van der Waals surface area contributed by atoms with E-state index in [0.717, 1.165) is 0 Å². The first-order valence-electron chi connectivity index (χ1n) is 5.60. The SMILES string of the molecule is CCCCCC/C=C/C=C/C(C)C. The van der Waals surface area contributed by atoms with E-state index in [4.69, 9.17) is 0 Å². The van der Waals surface area contributed by atoms with Crippen LogP contribution in [0, 0.1) is 5.92 Å². The van der Waals surface area contributed by atoms with Crippen LogP contribution in [0.5, 0.6) is 0 Å². The van der Waals surface area contributed by atoms with Crippen molar-refractivity contribution in [2.75, 3.05) is 0 Å². The molecule has 0 N–H and O–H groups in total. The van der Waals surface area contributed by atoms with Gasteiger partial charge in [-0.15, -0.1) is 0 Å². The normalized spacial score (nSPS) is 12.3. The summed E-state index contributed by atoms with van der Waals surface area (Å²) < 4.78 is 0. The minimum atomic E-state index is 0.671. The maximum Gasteiger partial charge on any atom is -0.0287 e. The largest absolute Gasteiger partial charge is 0.0845 e. The fourth-order valence-electron chi connectivity index (χ4n) is 1.15. The van der Waals surface area contributed by atoms with Gasteiger partial charge < -0.3 is 0 Å². The van der Waals surface area contributed by atoms with E-state index in [9.17, 15) is 0 Å². The molecule has 0 amide bonds. The molecular weight excluding hydrogens is 156 g/mol. The highest BCUT2D eigenvalue weighted by molar-refractivity contribution is 5.03. The average Bonchev–Trinajstić information content (AvgIpc) is 2.09. The quantitative estimate of drug-likeness (QED) is 0.392. The van der Waals surface area contributed by atoms with Crippen LogP contribution in [0.2, 0.25) is 0 Å². The molecule has 0 bridgehead atoms. The van der Waals surface area contributed by atoms with E-state index in [-0.39, 0.29) is 0 Å². The van der Waals surface area contributed by atoms with Crippen molar-refractivity contribution in [2.24, 2.45) is 5.92 Å². The zero-order chi connectivity index (χ0) is 9.94. The van der Waals surface area contributed by atoms with Crippen LogP contribution in [0.1, 0.15) is 52.9 Å². The molecule has 0 aromatic heterocycles. The van der Waals surface area contributed by atoms with Crippen molar-refractivity contribution in [1.29, 1.82) is 0 Å². The maximum atomic E-state index is 2.27. The monoisotopic (exact) mass is 180 g/mol. The van der Waals surface area contributed by atoms with Crippen LogP contribution in [0.4, 0.5) is 0 Å². The van der Waals surface area contributed by atoms with E-state index in [1.807, 2.05) is 0 Å². The van der Waals surface area contributed by atoms with Gasteiger partial charge in [0.05, 0.1) is 0 Å². The summed E-state index contributed by atoms with van der Waals surface area (Å²) in [5, 5.41) is 0. The number of allylic oxidation sites excluding steroid dienone is 4. The first kappa shape index (κ1) is 12.5. The molecule has 0 aliphatic carbocycles. The van der Waals surface area contributed by atoms with Gasteiger partial charge in [-0.05, 0) is 18.8 Å². The Labute approximate surface area is 83.7 Å². The predicted molar refractivity (Wildman–Crippen MR) is 61.9 cm³/mol. The molecular formula is C13H24. The molecule has 0 heteroatoms. The Kier molecular flexibility index (Phi) is 9.18. The molecule has 0 saturated heterocycles. The fraction of sp³-hybridized carbons (Fsp3) is 0.692. The summed E-state index contributed by atoms with van der Waals surface area (Å²) in [4.78, 5) is 0. The lowest BCUT2D eigenvalue weighted by molar-refractivity contribution is 0.674. The van der Waals surface area contributed by atoms with E-state index in [1.54, 1.807) is 0 Å². The summed E-state index contributed by atoms with van der Waals surface area (Å²) in [5.41, 5.74) is 0. The van der Waals surface area contributed by atoms with Gasteiger partial charge in [-0.2, -0.15) is 0 Å². The lowest BCUT2D eigenvalue weighted by Crippen LogP contribution is -1.75. The van der Waals surface area contributed by atoms with Crippen molar-refractivity contribution in [1.82, 2.24) is 0 Å². The Balaban J connectivity index is 3.21. The molecule has 0 fully saturated rings. The van der Waals surface area contributed by atoms with E-state index in [1.165, 1.54) is 32.1 Å². The summed E-state index contributed by atoms with van der Waals surface area (Å²) in [5.74, 6) is 0.671. The molecule has 0 heterocycles. The minimum Gasteiger partial charge on any atom is -0.0845 e. The molecule has 76 valence electrons. The third-order valence-electron chi connectivity index (χ3n) is 1.97. The highest BCUT2D eigenvalue weighted by atomic mass is 13.9.